The second-order valence-corrected chi connectivity index (χ2v) is 6.90. The summed E-state index contributed by atoms with van der Waals surface area (Å²) in [5.41, 5.74) is 0.988. The number of nitrogens with one attached hydrogen (secondary N) is 1. The van der Waals surface area contributed by atoms with Crippen LogP contribution in [0.5, 0.6) is 0 Å². The summed E-state index contributed by atoms with van der Waals surface area (Å²) in [5.74, 6) is -0.366. The summed E-state index contributed by atoms with van der Waals surface area (Å²) in [6.45, 7) is 5.93. The molecule has 1 aromatic heterocycles. The highest BCUT2D eigenvalue weighted by Crippen LogP contribution is 2.29. The van der Waals surface area contributed by atoms with E-state index in [0.29, 0.717) is 5.69 Å². The Hall–Kier alpha value is -1.85. The summed E-state index contributed by atoms with van der Waals surface area (Å²) in [6, 6.07) is 7.54. The van der Waals surface area contributed by atoms with E-state index >= 15 is 0 Å². The fourth-order valence-electron chi connectivity index (χ4n) is 2.13. The van der Waals surface area contributed by atoms with Crippen LogP contribution in [0.3, 0.4) is 0 Å². The van der Waals surface area contributed by atoms with E-state index in [1.165, 1.54) is 6.20 Å². The van der Waals surface area contributed by atoms with Crippen LogP contribution in [0.4, 0.5) is 5.69 Å². The molecular weight excluding hydrogens is 337 g/mol. The van der Waals surface area contributed by atoms with Gasteiger partial charge in [-0.15, -0.1) is 0 Å². The van der Waals surface area contributed by atoms with Gasteiger partial charge in [-0.1, -0.05) is 62.2 Å². The average Bonchev–Trinajstić information content (AvgIpc) is 2.47. The Morgan fingerprint density at radius 2 is 1.91 bits per heavy atom. The molecule has 122 valence electrons. The van der Waals surface area contributed by atoms with Crippen LogP contribution in [0.2, 0.25) is 10.0 Å². The zero-order chi connectivity index (χ0) is 17.2. The average molecular weight is 354 g/mol. The first-order valence-corrected chi connectivity index (χ1v) is 7.76. The summed E-state index contributed by atoms with van der Waals surface area (Å²) in [6.07, 6.45) is 1.24. The lowest BCUT2D eigenvalue weighted by Gasteiger charge is -2.23. The van der Waals surface area contributed by atoms with Gasteiger partial charge in [-0.05, 0) is 17.0 Å². The van der Waals surface area contributed by atoms with Gasteiger partial charge in [0.05, 0.1) is 11.2 Å². The molecule has 0 aliphatic heterocycles. The predicted molar refractivity (Wildman–Crippen MR) is 92.3 cm³/mol. The van der Waals surface area contributed by atoms with Gasteiger partial charge in [0.1, 0.15) is 11.6 Å². The van der Waals surface area contributed by atoms with Crippen LogP contribution >= 0.6 is 23.2 Å². The van der Waals surface area contributed by atoms with E-state index in [1.54, 1.807) is 0 Å². The van der Waals surface area contributed by atoms with Crippen LogP contribution in [-0.2, 0) is 16.8 Å². The van der Waals surface area contributed by atoms with Crippen molar-refractivity contribution < 1.29 is 4.79 Å². The Morgan fingerprint density at radius 1 is 1.26 bits per heavy atom. The number of carbonyl (C=O) groups is 1. The van der Waals surface area contributed by atoms with Crippen LogP contribution in [0.15, 0.2) is 35.3 Å². The number of aromatic nitrogens is 2. The third kappa shape index (κ3) is 4.12. The van der Waals surface area contributed by atoms with Crippen molar-refractivity contribution in [2.75, 3.05) is 5.32 Å². The van der Waals surface area contributed by atoms with Crippen LogP contribution < -0.4 is 10.9 Å². The zero-order valence-corrected chi connectivity index (χ0v) is 14.6. The fourth-order valence-corrected chi connectivity index (χ4v) is 2.40. The third-order valence-electron chi connectivity index (χ3n) is 3.24. The number of carbonyl (C=O) groups excluding carboxylic acids is 1. The first kappa shape index (κ1) is 17.5. The first-order valence-electron chi connectivity index (χ1n) is 7.00. The minimum atomic E-state index is -0.599. The third-order valence-corrected chi connectivity index (χ3v) is 3.99. The summed E-state index contributed by atoms with van der Waals surface area (Å²) in [5, 5.41) is 6.54. The molecule has 23 heavy (non-hydrogen) atoms. The SMILES string of the molecule is CC(C)(C)c1ccccc1NC(=O)Cn1ncc(Cl)c(Cl)c1=O. The van der Waals surface area contributed by atoms with E-state index in [2.05, 4.69) is 31.2 Å². The number of halogens is 2. The van der Waals surface area contributed by atoms with E-state index < -0.39 is 5.56 Å². The van der Waals surface area contributed by atoms with E-state index in [-0.39, 0.29) is 27.9 Å². The topological polar surface area (TPSA) is 64.0 Å². The molecule has 0 saturated carbocycles. The second-order valence-electron chi connectivity index (χ2n) is 6.11. The number of amides is 1. The van der Waals surface area contributed by atoms with Gasteiger partial charge in [-0.2, -0.15) is 5.10 Å². The minimum Gasteiger partial charge on any atom is -0.324 e. The Kier molecular flexibility index (Phi) is 5.12. The number of rotatable bonds is 3. The molecule has 0 bridgehead atoms. The Bertz CT molecular complexity index is 795. The number of benzene rings is 1. The quantitative estimate of drug-likeness (QED) is 0.918. The van der Waals surface area contributed by atoms with E-state index in [4.69, 9.17) is 23.2 Å². The maximum atomic E-state index is 12.2. The number of para-hydroxylation sites is 1. The zero-order valence-electron chi connectivity index (χ0n) is 13.1. The van der Waals surface area contributed by atoms with Crippen molar-refractivity contribution in [3.63, 3.8) is 0 Å². The van der Waals surface area contributed by atoms with Crippen molar-refractivity contribution in [3.05, 3.63) is 56.4 Å². The van der Waals surface area contributed by atoms with Gasteiger partial charge in [0, 0.05) is 5.69 Å². The van der Waals surface area contributed by atoms with Crippen molar-refractivity contribution in [1.82, 2.24) is 9.78 Å². The highest BCUT2D eigenvalue weighted by atomic mass is 35.5. The molecule has 0 saturated heterocycles. The molecule has 1 amide bonds. The summed E-state index contributed by atoms with van der Waals surface area (Å²) < 4.78 is 0.975. The Labute approximate surface area is 144 Å². The van der Waals surface area contributed by atoms with Gasteiger partial charge in [0.2, 0.25) is 5.91 Å². The largest absolute Gasteiger partial charge is 0.324 e. The molecule has 2 rings (SSSR count). The van der Waals surface area contributed by atoms with Crippen LogP contribution in [0.25, 0.3) is 0 Å². The Balaban J connectivity index is 2.22. The highest BCUT2D eigenvalue weighted by Gasteiger charge is 2.19. The van der Waals surface area contributed by atoms with Crippen molar-refractivity contribution in [3.8, 4) is 0 Å². The molecule has 0 spiro atoms. The smallest absolute Gasteiger partial charge is 0.287 e. The number of hydrogen-bond donors (Lipinski definition) is 1. The molecular formula is C16H17Cl2N3O2. The molecule has 1 aromatic carbocycles. The van der Waals surface area contributed by atoms with Gasteiger partial charge in [0.25, 0.3) is 5.56 Å². The summed E-state index contributed by atoms with van der Waals surface area (Å²) >= 11 is 11.5. The van der Waals surface area contributed by atoms with Crippen LogP contribution in [0, 0.1) is 0 Å². The molecule has 0 atom stereocenters. The minimum absolute atomic E-state index is 0.0615. The standard InChI is InChI=1S/C16H17Cl2N3O2/c1-16(2,3)10-6-4-5-7-12(10)20-13(22)9-21-15(23)14(18)11(17)8-19-21/h4-8H,9H2,1-3H3,(H,20,22). The molecule has 0 aliphatic rings. The Morgan fingerprint density at radius 3 is 2.57 bits per heavy atom. The molecule has 2 aromatic rings. The molecule has 7 heteroatoms. The monoisotopic (exact) mass is 353 g/mol. The van der Waals surface area contributed by atoms with Gasteiger partial charge in [0.15, 0.2) is 0 Å². The van der Waals surface area contributed by atoms with E-state index in [0.717, 1.165) is 10.2 Å². The van der Waals surface area contributed by atoms with Gasteiger partial charge < -0.3 is 5.32 Å². The van der Waals surface area contributed by atoms with Crippen LogP contribution in [0.1, 0.15) is 26.3 Å². The highest BCUT2D eigenvalue weighted by molar-refractivity contribution is 6.41. The number of anilines is 1. The number of nitrogens with zero attached hydrogens (tertiary/aromatic N) is 2. The molecule has 1 N–H and O–H groups in total. The van der Waals surface area contributed by atoms with E-state index in [1.807, 2.05) is 24.3 Å². The fraction of sp³-hybridized carbons (Fsp3) is 0.312. The molecule has 0 unspecified atom stereocenters. The van der Waals surface area contributed by atoms with Gasteiger partial charge in [-0.25, -0.2) is 4.68 Å². The predicted octanol–water partition coefficient (Wildman–Crippen LogP) is 3.49. The number of hydrogen-bond acceptors (Lipinski definition) is 3. The lowest BCUT2D eigenvalue weighted by molar-refractivity contribution is -0.117. The maximum absolute atomic E-state index is 12.2. The molecule has 0 fully saturated rings. The summed E-state index contributed by atoms with van der Waals surface area (Å²) in [4.78, 5) is 24.1. The van der Waals surface area contributed by atoms with Crippen molar-refractivity contribution >= 4 is 34.8 Å². The first-order chi connectivity index (χ1) is 10.7. The van der Waals surface area contributed by atoms with E-state index in [9.17, 15) is 9.59 Å². The van der Waals surface area contributed by atoms with Crippen molar-refractivity contribution in [2.24, 2.45) is 0 Å². The van der Waals surface area contributed by atoms with Crippen LogP contribution in [-0.4, -0.2) is 15.7 Å². The molecule has 5 nitrogen and oxygen atoms in total. The lowest BCUT2D eigenvalue weighted by Crippen LogP contribution is -2.30. The molecule has 0 aliphatic carbocycles. The van der Waals surface area contributed by atoms with Gasteiger partial charge >= 0.3 is 0 Å². The summed E-state index contributed by atoms with van der Waals surface area (Å²) in [7, 11) is 0. The second kappa shape index (κ2) is 6.72. The maximum Gasteiger partial charge on any atom is 0.287 e. The van der Waals surface area contributed by atoms with Gasteiger partial charge in [-0.3, -0.25) is 9.59 Å². The van der Waals surface area contributed by atoms with Crippen molar-refractivity contribution in [1.29, 1.82) is 0 Å². The molecule has 0 radical (unpaired) electrons. The van der Waals surface area contributed by atoms with Crippen molar-refractivity contribution in [2.45, 2.75) is 32.7 Å². The normalized spacial score (nSPS) is 11.3. The molecule has 1 heterocycles. The lowest BCUT2D eigenvalue weighted by atomic mass is 9.86.